The van der Waals surface area contributed by atoms with E-state index in [4.69, 9.17) is 4.89 Å². The van der Waals surface area contributed by atoms with Gasteiger partial charge in [-0.15, -0.1) is 4.89 Å². The number of rotatable bonds is 1. The molecule has 3 N–H and O–H groups in total. The first-order chi connectivity index (χ1) is 3.13. The maximum absolute atomic E-state index is 9.57. The minimum Gasteiger partial charge on any atom is -0.356 e. The number of hydrogen-bond donors (Lipinski definition) is 2. The lowest BCUT2D eigenvalue weighted by Gasteiger charge is -1.75. The molecule has 0 radical (unpaired) electrons. The standard InChI is InChI=1S/CH2NO3PS/c2-1(7)5-6(3)4/h(H2-,2,3,4,7)/p+1. The highest BCUT2D eigenvalue weighted by atomic mass is 32.1. The molecule has 1 atom stereocenters. The van der Waals surface area contributed by atoms with Gasteiger partial charge in [0.15, 0.2) is 0 Å². The Morgan fingerprint density at radius 3 is 2.43 bits per heavy atom. The van der Waals surface area contributed by atoms with Gasteiger partial charge in [-0.3, -0.25) is 0 Å². The Balaban J connectivity index is 3.32. The molecule has 0 rings (SSSR count). The van der Waals surface area contributed by atoms with Crippen LogP contribution in [-0.2, 0) is 9.09 Å². The summed E-state index contributed by atoms with van der Waals surface area (Å²) in [6, 6.07) is 0. The highest BCUT2D eigenvalue weighted by molar-refractivity contribution is 7.80. The lowest BCUT2D eigenvalue weighted by atomic mass is 11.4. The average Bonchev–Trinajstić information content (AvgIpc) is 1.27. The van der Waals surface area contributed by atoms with E-state index >= 15 is 0 Å². The van der Waals surface area contributed by atoms with Crippen LogP contribution in [0, 0.1) is 0 Å². The molecule has 40 valence electrons. The van der Waals surface area contributed by atoms with Crippen molar-refractivity contribution in [3.05, 3.63) is 0 Å². The van der Waals surface area contributed by atoms with Gasteiger partial charge in [-0.2, -0.15) is 4.52 Å². The Hall–Kier alpha value is -0.250. The van der Waals surface area contributed by atoms with Crippen LogP contribution in [0.1, 0.15) is 0 Å². The van der Waals surface area contributed by atoms with Crippen LogP contribution in [0.15, 0.2) is 0 Å². The van der Waals surface area contributed by atoms with Crippen molar-refractivity contribution in [1.29, 1.82) is 0 Å². The lowest BCUT2D eigenvalue weighted by molar-refractivity contribution is 0.408. The van der Waals surface area contributed by atoms with Crippen LogP contribution in [0.5, 0.6) is 0 Å². The minimum atomic E-state index is -2.66. The van der Waals surface area contributed by atoms with Crippen molar-refractivity contribution in [2.45, 2.75) is 0 Å². The zero-order valence-electron chi connectivity index (χ0n) is 3.20. The van der Waals surface area contributed by atoms with Crippen LogP contribution in [0.25, 0.3) is 0 Å². The first-order valence-corrected chi connectivity index (χ1v) is 2.80. The van der Waals surface area contributed by atoms with Crippen LogP contribution in [-0.4, -0.2) is 10.1 Å². The van der Waals surface area contributed by atoms with Crippen molar-refractivity contribution in [2.75, 3.05) is 0 Å². The van der Waals surface area contributed by atoms with Gasteiger partial charge >= 0.3 is 13.4 Å². The molecule has 0 aromatic rings. The van der Waals surface area contributed by atoms with E-state index in [1.165, 1.54) is 0 Å². The monoisotopic (exact) mass is 140 g/mol. The summed E-state index contributed by atoms with van der Waals surface area (Å²) in [4.78, 5) is 7.84. The molecule has 0 saturated heterocycles. The van der Waals surface area contributed by atoms with Gasteiger partial charge in [0.05, 0.1) is 0 Å². The van der Waals surface area contributed by atoms with E-state index in [2.05, 4.69) is 22.5 Å². The molecule has 1 unspecified atom stereocenters. The Labute approximate surface area is 46.2 Å². The molecular formula is CH3NO3PS+. The molecule has 6 heteroatoms. The molecule has 0 spiro atoms. The van der Waals surface area contributed by atoms with E-state index in [0.29, 0.717) is 0 Å². The zero-order chi connectivity index (χ0) is 5.86. The second kappa shape index (κ2) is 2.85. The topological polar surface area (TPSA) is 72.5 Å². The maximum atomic E-state index is 9.57. The smallest absolute Gasteiger partial charge is 0.356 e. The zero-order valence-corrected chi connectivity index (χ0v) is 4.91. The van der Waals surface area contributed by atoms with Gasteiger partial charge in [0.25, 0.3) is 0 Å². The Morgan fingerprint density at radius 1 is 2.00 bits per heavy atom. The van der Waals surface area contributed by atoms with Gasteiger partial charge in [-0.1, -0.05) is 0 Å². The predicted molar refractivity (Wildman–Crippen MR) is 27.7 cm³/mol. The fourth-order valence-corrected chi connectivity index (χ4v) is 0.422. The van der Waals surface area contributed by atoms with E-state index in [1.807, 2.05) is 0 Å². The van der Waals surface area contributed by atoms with Crippen molar-refractivity contribution in [2.24, 2.45) is 5.73 Å². The van der Waals surface area contributed by atoms with Crippen molar-refractivity contribution in [3.8, 4) is 0 Å². The molecule has 4 nitrogen and oxygen atoms in total. The van der Waals surface area contributed by atoms with Gasteiger partial charge < -0.3 is 5.73 Å². The maximum Gasteiger partial charge on any atom is 0.749 e. The van der Waals surface area contributed by atoms with Gasteiger partial charge in [-0.25, -0.2) is 0 Å². The van der Waals surface area contributed by atoms with Crippen LogP contribution in [0.4, 0.5) is 0 Å². The molecule has 0 aromatic carbocycles. The van der Waals surface area contributed by atoms with Gasteiger partial charge in [0.1, 0.15) is 0 Å². The highest BCUT2D eigenvalue weighted by Gasteiger charge is 2.12. The summed E-state index contributed by atoms with van der Waals surface area (Å²) in [7, 11) is -2.66. The molecule has 0 bridgehead atoms. The van der Waals surface area contributed by atoms with E-state index in [1.54, 1.807) is 0 Å². The first kappa shape index (κ1) is 6.75. The van der Waals surface area contributed by atoms with Gasteiger partial charge in [0, 0.05) is 4.57 Å². The van der Waals surface area contributed by atoms with Crippen molar-refractivity contribution >= 4 is 25.6 Å². The summed E-state index contributed by atoms with van der Waals surface area (Å²) in [5.74, 6) is 0. The molecule has 0 aliphatic heterocycles. The third-order valence-corrected chi connectivity index (χ3v) is 0.728. The van der Waals surface area contributed by atoms with E-state index < -0.39 is 13.4 Å². The van der Waals surface area contributed by atoms with Crippen molar-refractivity contribution < 1.29 is 14.0 Å². The summed E-state index contributed by atoms with van der Waals surface area (Å²) in [6.45, 7) is 0. The van der Waals surface area contributed by atoms with Crippen LogP contribution in [0.2, 0.25) is 0 Å². The molecule has 0 aliphatic rings. The largest absolute Gasteiger partial charge is 0.749 e. The summed E-state index contributed by atoms with van der Waals surface area (Å²) in [5.41, 5.74) is 4.66. The first-order valence-electron chi connectivity index (χ1n) is 1.26. The number of nitrogens with two attached hydrogens (primary N) is 1. The van der Waals surface area contributed by atoms with Gasteiger partial charge in [-0.05, 0) is 12.2 Å². The number of hydrogen-bond acceptors (Lipinski definition) is 3. The predicted octanol–water partition coefficient (Wildman–Crippen LogP) is -0.104. The quantitative estimate of drug-likeness (QED) is 0.393. The van der Waals surface area contributed by atoms with Crippen LogP contribution < -0.4 is 5.73 Å². The SMILES string of the molecule is NC(=S)O[P+](=O)O. The van der Waals surface area contributed by atoms with Gasteiger partial charge in [0.2, 0.25) is 0 Å². The molecule has 0 aromatic heterocycles. The molecule has 0 aliphatic carbocycles. The number of thiocarbonyl (C=S) groups is 1. The molecule has 7 heavy (non-hydrogen) atoms. The summed E-state index contributed by atoms with van der Waals surface area (Å²) in [6.07, 6.45) is 0. The molecular weight excluding hydrogens is 137 g/mol. The van der Waals surface area contributed by atoms with Crippen molar-refractivity contribution in [3.63, 3.8) is 0 Å². The fraction of sp³-hybridized carbons (Fsp3) is 0. The summed E-state index contributed by atoms with van der Waals surface area (Å²) >= 11 is 4.08. The lowest BCUT2D eigenvalue weighted by Crippen LogP contribution is -2.07. The third kappa shape index (κ3) is 5.75. The second-order valence-corrected chi connectivity index (χ2v) is 1.71. The summed E-state index contributed by atoms with van der Waals surface area (Å²) in [5, 5.41) is -0.413. The second-order valence-electron chi connectivity index (χ2n) is 0.648. The van der Waals surface area contributed by atoms with Crippen molar-refractivity contribution in [1.82, 2.24) is 0 Å². The Morgan fingerprint density at radius 2 is 2.43 bits per heavy atom. The Bertz CT molecular complexity index is 91.1. The molecule has 0 amide bonds. The summed E-state index contributed by atoms with van der Waals surface area (Å²) < 4.78 is 13.4. The molecule has 0 fully saturated rings. The normalized spacial score (nSPS) is 10.1. The minimum absolute atomic E-state index is 0.413. The highest BCUT2D eigenvalue weighted by Crippen LogP contribution is 2.12. The third-order valence-electron chi connectivity index (χ3n) is 0.168. The van der Waals surface area contributed by atoms with Crippen LogP contribution in [0.3, 0.4) is 0 Å². The van der Waals surface area contributed by atoms with E-state index in [-0.39, 0.29) is 0 Å². The molecule has 0 heterocycles. The van der Waals surface area contributed by atoms with Crippen LogP contribution >= 0.6 is 20.5 Å². The fourth-order valence-electron chi connectivity index (χ4n) is 0.0770. The molecule has 0 saturated carbocycles. The van der Waals surface area contributed by atoms with E-state index in [9.17, 15) is 4.57 Å². The average molecular weight is 140 g/mol. The Kier molecular flexibility index (Phi) is 2.75. The van der Waals surface area contributed by atoms with E-state index in [0.717, 1.165) is 0 Å².